The van der Waals surface area contributed by atoms with Crippen molar-refractivity contribution in [3.05, 3.63) is 34.9 Å². The number of benzene rings is 1. The molecule has 0 saturated heterocycles. The second kappa shape index (κ2) is 6.22. The van der Waals surface area contributed by atoms with E-state index >= 15 is 0 Å². The Balaban J connectivity index is 2.00. The molecule has 0 spiro atoms. The minimum Gasteiger partial charge on any atom is -0.298 e. The zero-order chi connectivity index (χ0) is 13.0. The average Bonchev–Trinajstić information content (AvgIpc) is 2.41. The summed E-state index contributed by atoms with van der Waals surface area (Å²) >= 11 is 5.89. The summed E-state index contributed by atoms with van der Waals surface area (Å²) in [5.41, 5.74) is 1.25. The van der Waals surface area contributed by atoms with Gasteiger partial charge in [-0.05, 0) is 37.6 Å². The van der Waals surface area contributed by atoms with E-state index in [-0.39, 0.29) is 5.92 Å². The molecular formula is C15H19ClN2. The van der Waals surface area contributed by atoms with Crippen LogP contribution in [0.5, 0.6) is 0 Å². The Labute approximate surface area is 114 Å². The van der Waals surface area contributed by atoms with Gasteiger partial charge < -0.3 is 0 Å². The largest absolute Gasteiger partial charge is 0.298 e. The summed E-state index contributed by atoms with van der Waals surface area (Å²) in [6.07, 6.45) is 4.63. The number of nitriles is 1. The van der Waals surface area contributed by atoms with Crippen LogP contribution in [0, 0.1) is 17.2 Å². The van der Waals surface area contributed by atoms with Crippen LogP contribution < -0.4 is 0 Å². The van der Waals surface area contributed by atoms with Crippen molar-refractivity contribution in [1.82, 2.24) is 4.90 Å². The van der Waals surface area contributed by atoms with Crippen molar-refractivity contribution in [2.75, 3.05) is 7.05 Å². The van der Waals surface area contributed by atoms with Crippen LogP contribution >= 0.6 is 11.6 Å². The molecule has 0 heterocycles. The molecule has 96 valence electrons. The third kappa shape index (κ3) is 3.25. The third-order valence-electron chi connectivity index (χ3n) is 3.81. The van der Waals surface area contributed by atoms with Gasteiger partial charge in [0, 0.05) is 17.6 Å². The molecule has 3 heteroatoms. The molecule has 0 aliphatic heterocycles. The Hall–Kier alpha value is -1.04. The monoisotopic (exact) mass is 262 g/mol. The van der Waals surface area contributed by atoms with E-state index < -0.39 is 0 Å². The van der Waals surface area contributed by atoms with Gasteiger partial charge in [0.1, 0.15) is 0 Å². The van der Waals surface area contributed by atoms with Crippen molar-refractivity contribution in [2.24, 2.45) is 5.92 Å². The highest BCUT2D eigenvalue weighted by atomic mass is 35.5. The summed E-state index contributed by atoms with van der Waals surface area (Å²) in [7, 11) is 2.12. The topological polar surface area (TPSA) is 27.0 Å². The molecule has 2 atom stereocenters. The fourth-order valence-corrected chi connectivity index (χ4v) is 2.91. The first-order chi connectivity index (χ1) is 8.70. The molecule has 0 N–H and O–H groups in total. The molecule has 1 fully saturated rings. The van der Waals surface area contributed by atoms with Gasteiger partial charge in [0.15, 0.2) is 0 Å². The lowest BCUT2D eigenvalue weighted by molar-refractivity contribution is 0.151. The molecule has 1 aromatic rings. The highest BCUT2D eigenvalue weighted by molar-refractivity contribution is 6.30. The van der Waals surface area contributed by atoms with Crippen molar-refractivity contribution in [3.8, 4) is 6.07 Å². The Kier molecular flexibility index (Phi) is 4.63. The van der Waals surface area contributed by atoms with Gasteiger partial charge in [0.2, 0.25) is 0 Å². The highest BCUT2D eigenvalue weighted by Gasteiger charge is 2.27. The van der Waals surface area contributed by atoms with E-state index in [4.69, 9.17) is 11.6 Å². The maximum atomic E-state index is 9.22. The molecule has 18 heavy (non-hydrogen) atoms. The lowest BCUT2D eigenvalue weighted by Crippen LogP contribution is -2.39. The van der Waals surface area contributed by atoms with Crippen molar-refractivity contribution < 1.29 is 0 Å². The number of halogens is 1. The van der Waals surface area contributed by atoms with E-state index in [1.54, 1.807) is 0 Å². The van der Waals surface area contributed by atoms with E-state index in [1.807, 2.05) is 12.1 Å². The quantitative estimate of drug-likeness (QED) is 0.827. The summed E-state index contributed by atoms with van der Waals surface area (Å²) < 4.78 is 0. The maximum absolute atomic E-state index is 9.22. The number of hydrogen-bond acceptors (Lipinski definition) is 2. The summed E-state index contributed by atoms with van der Waals surface area (Å²) in [4.78, 5) is 2.32. The lowest BCUT2D eigenvalue weighted by Gasteiger charge is -2.34. The predicted octanol–water partition coefficient (Wildman–Crippen LogP) is 3.85. The van der Waals surface area contributed by atoms with E-state index in [1.165, 1.54) is 18.4 Å². The van der Waals surface area contributed by atoms with E-state index in [0.717, 1.165) is 24.4 Å². The Morgan fingerprint density at radius 1 is 1.28 bits per heavy atom. The summed E-state index contributed by atoms with van der Waals surface area (Å²) in [5, 5.41) is 9.99. The second-order valence-electron chi connectivity index (χ2n) is 5.13. The molecule has 1 aliphatic carbocycles. The molecule has 1 aromatic carbocycles. The normalized spacial score (nSPS) is 23.9. The smallest absolute Gasteiger partial charge is 0.0672 e. The summed E-state index contributed by atoms with van der Waals surface area (Å²) in [5.74, 6) is 0.191. The summed E-state index contributed by atoms with van der Waals surface area (Å²) in [6, 6.07) is 10.8. The van der Waals surface area contributed by atoms with Gasteiger partial charge in [0.25, 0.3) is 0 Å². The first-order valence-electron chi connectivity index (χ1n) is 6.55. The van der Waals surface area contributed by atoms with Gasteiger partial charge in [-0.3, -0.25) is 4.90 Å². The Morgan fingerprint density at radius 3 is 2.61 bits per heavy atom. The number of hydrogen-bond donors (Lipinski definition) is 0. The minimum atomic E-state index is 0.191. The zero-order valence-corrected chi connectivity index (χ0v) is 11.5. The molecule has 0 aromatic heterocycles. The van der Waals surface area contributed by atoms with Gasteiger partial charge in [-0.25, -0.2) is 0 Å². The predicted molar refractivity (Wildman–Crippen MR) is 74.3 cm³/mol. The molecule has 2 unspecified atom stereocenters. The van der Waals surface area contributed by atoms with Crippen LogP contribution in [-0.2, 0) is 6.54 Å². The van der Waals surface area contributed by atoms with Gasteiger partial charge in [-0.1, -0.05) is 36.6 Å². The van der Waals surface area contributed by atoms with Crippen LogP contribution in [0.3, 0.4) is 0 Å². The zero-order valence-electron chi connectivity index (χ0n) is 10.8. The molecule has 1 aliphatic rings. The second-order valence-corrected chi connectivity index (χ2v) is 5.57. The Morgan fingerprint density at radius 2 is 1.94 bits per heavy atom. The lowest BCUT2D eigenvalue weighted by atomic mass is 9.84. The van der Waals surface area contributed by atoms with Crippen LogP contribution in [-0.4, -0.2) is 18.0 Å². The van der Waals surface area contributed by atoms with Gasteiger partial charge in [-0.2, -0.15) is 5.26 Å². The molecule has 2 nitrogen and oxygen atoms in total. The SMILES string of the molecule is CN(Cc1ccc(Cl)cc1)C1CCCCC1C#N. The van der Waals surface area contributed by atoms with Crippen LogP contribution in [0.15, 0.2) is 24.3 Å². The molecular weight excluding hydrogens is 244 g/mol. The van der Waals surface area contributed by atoms with E-state index in [2.05, 4.69) is 30.1 Å². The molecule has 1 saturated carbocycles. The van der Waals surface area contributed by atoms with Crippen LogP contribution in [0.4, 0.5) is 0 Å². The maximum Gasteiger partial charge on any atom is 0.0672 e. The highest BCUT2D eigenvalue weighted by Crippen LogP contribution is 2.28. The van der Waals surface area contributed by atoms with Crippen LogP contribution in [0.2, 0.25) is 5.02 Å². The minimum absolute atomic E-state index is 0.191. The first kappa shape index (κ1) is 13.4. The third-order valence-corrected chi connectivity index (χ3v) is 4.06. The summed E-state index contributed by atoms with van der Waals surface area (Å²) in [6.45, 7) is 0.889. The van der Waals surface area contributed by atoms with Crippen molar-refractivity contribution >= 4 is 11.6 Å². The number of rotatable bonds is 3. The van der Waals surface area contributed by atoms with Crippen LogP contribution in [0.25, 0.3) is 0 Å². The van der Waals surface area contributed by atoms with Crippen molar-refractivity contribution in [3.63, 3.8) is 0 Å². The molecule has 0 bridgehead atoms. The fourth-order valence-electron chi connectivity index (χ4n) is 2.78. The molecule has 0 radical (unpaired) electrons. The number of nitrogens with zero attached hydrogens (tertiary/aromatic N) is 2. The van der Waals surface area contributed by atoms with Crippen LogP contribution in [0.1, 0.15) is 31.2 Å². The first-order valence-corrected chi connectivity index (χ1v) is 6.93. The fraction of sp³-hybridized carbons (Fsp3) is 0.533. The molecule has 0 amide bonds. The van der Waals surface area contributed by atoms with Crippen molar-refractivity contribution in [2.45, 2.75) is 38.3 Å². The molecule has 2 rings (SSSR count). The van der Waals surface area contributed by atoms with Gasteiger partial charge in [0.05, 0.1) is 12.0 Å². The Bertz CT molecular complexity index is 421. The average molecular weight is 263 g/mol. The van der Waals surface area contributed by atoms with E-state index in [0.29, 0.717) is 6.04 Å². The van der Waals surface area contributed by atoms with Crippen molar-refractivity contribution in [1.29, 1.82) is 5.26 Å². The van der Waals surface area contributed by atoms with E-state index in [9.17, 15) is 5.26 Å². The standard InChI is InChI=1S/C15H19ClN2/c1-18(11-12-6-8-14(16)9-7-12)15-5-3-2-4-13(15)10-17/h6-9,13,15H,2-5,11H2,1H3. The van der Waals surface area contributed by atoms with Gasteiger partial charge in [-0.15, -0.1) is 0 Å². The van der Waals surface area contributed by atoms with Gasteiger partial charge >= 0.3 is 0 Å².